The molecule has 1 aromatic carbocycles. The van der Waals surface area contributed by atoms with Crippen LogP contribution in [0, 0.1) is 33.6 Å². The minimum Gasteiger partial charge on any atom is -0.462 e. The standard InChI is InChI=1S/C25H35N3O5S/c1-7-28-18(5)22(25(30)33-8-2)23(19(28)6)34(31,32)27-13-9-10-20(15-27)24(29)26-21-12-11-16(3)14-17(21)4/h11-12,14,20H,7-10,13,15H2,1-6H3,(H,26,29)/t20-/m0/s1. The maximum absolute atomic E-state index is 13.8. The molecule has 34 heavy (non-hydrogen) atoms. The van der Waals surface area contributed by atoms with Gasteiger partial charge in [-0.15, -0.1) is 0 Å². The Bertz CT molecular complexity index is 1200. The zero-order valence-electron chi connectivity index (χ0n) is 20.9. The Morgan fingerprint density at radius 3 is 2.44 bits per heavy atom. The number of esters is 1. The molecule has 1 aromatic heterocycles. The van der Waals surface area contributed by atoms with Gasteiger partial charge < -0.3 is 14.6 Å². The minimum absolute atomic E-state index is 0.0132. The van der Waals surface area contributed by atoms with Gasteiger partial charge in [0.2, 0.25) is 15.9 Å². The second-order valence-corrected chi connectivity index (χ2v) is 10.7. The van der Waals surface area contributed by atoms with Gasteiger partial charge >= 0.3 is 5.97 Å². The van der Waals surface area contributed by atoms with E-state index in [-0.39, 0.29) is 29.5 Å². The molecule has 0 spiro atoms. The number of carbonyl (C=O) groups is 2. The number of rotatable bonds is 7. The number of benzene rings is 1. The van der Waals surface area contributed by atoms with Crippen LogP contribution in [0.5, 0.6) is 0 Å². The molecule has 1 aliphatic heterocycles. The maximum atomic E-state index is 13.8. The van der Waals surface area contributed by atoms with Crippen molar-refractivity contribution >= 4 is 27.6 Å². The first kappa shape index (κ1) is 26.0. The molecule has 1 atom stereocenters. The molecule has 0 saturated carbocycles. The van der Waals surface area contributed by atoms with Crippen LogP contribution in [0.1, 0.15) is 59.6 Å². The summed E-state index contributed by atoms with van der Waals surface area (Å²) >= 11 is 0. The Morgan fingerprint density at radius 1 is 1.12 bits per heavy atom. The molecule has 0 bridgehead atoms. The van der Waals surface area contributed by atoms with Crippen molar-refractivity contribution in [3.63, 3.8) is 0 Å². The number of aryl methyl sites for hydroxylation is 2. The van der Waals surface area contributed by atoms with Crippen molar-refractivity contribution in [2.75, 3.05) is 25.0 Å². The highest BCUT2D eigenvalue weighted by molar-refractivity contribution is 7.89. The second-order valence-electron chi connectivity index (χ2n) is 8.85. The number of hydrogen-bond acceptors (Lipinski definition) is 5. The third-order valence-electron chi connectivity index (χ3n) is 6.52. The largest absolute Gasteiger partial charge is 0.462 e. The van der Waals surface area contributed by atoms with Crippen molar-refractivity contribution in [2.45, 2.75) is 65.8 Å². The lowest BCUT2D eigenvalue weighted by Crippen LogP contribution is -2.44. The van der Waals surface area contributed by atoms with Crippen molar-refractivity contribution in [2.24, 2.45) is 5.92 Å². The Labute approximate surface area is 202 Å². The van der Waals surface area contributed by atoms with Gasteiger partial charge in [-0.25, -0.2) is 13.2 Å². The van der Waals surface area contributed by atoms with Gasteiger partial charge in [0, 0.05) is 36.7 Å². The molecule has 186 valence electrons. The van der Waals surface area contributed by atoms with Crippen LogP contribution in [0.4, 0.5) is 5.69 Å². The zero-order chi connectivity index (χ0) is 25.2. The molecular weight excluding hydrogens is 454 g/mol. The summed E-state index contributed by atoms with van der Waals surface area (Å²) in [5.41, 5.74) is 3.95. The van der Waals surface area contributed by atoms with E-state index in [1.807, 2.05) is 43.5 Å². The fraction of sp³-hybridized carbons (Fsp3) is 0.520. The lowest BCUT2D eigenvalue weighted by Gasteiger charge is -2.31. The van der Waals surface area contributed by atoms with Crippen LogP contribution in [0.15, 0.2) is 23.1 Å². The van der Waals surface area contributed by atoms with E-state index in [0.717, 1.165) is 16.8 Å². The van der Waals surface area contributed by atoms with Crippen LogP contribution < -0.4 is 5.32 Å². The molecule has 2 aromatic rings. The van der Waals surface area contributed by atoms with Crippen molar-refractivity contribution in [1.82, 2.24) is 8.87 Å². The number of anilines is 1. The number of piperidine rings is 1. The number of carbonyl (C=O) groups excluding carboxylic acids is 2. The molecule has 1 N–H and O–H groups in total. The predicted octanol–water partition coefficient (Wildman–Crippen LogP) is 3.96. The van der Waals surface area contributed by atoms with Gasteiger partial charge in [0.1, 0.15) is 10.5 Å². The van der Waals surface area contributed by atoms with Gasteiger partial charge in [-0.3, -0.25) is 4.79 Å². The first-order chi connectivity index (χ1) is 16.0. The Morgan fingerprint density at radius 2 is 1.82 bits per heavy atom. The SMILES string of the molecule is CCOC(=O)c1c(S(=O)(=O)N2CCC[C@H](C(=O)Nc3ccc(C)cc3C)C2)c(C)n(CC)c1C. The molecule has 1 fully saturated rings. The summed E-state index contributed by atoms with van der Waals surface area (Å²) in [6, 6.07) is 5.79. The van der Waals surface area contributed by atoms with Gasteiger partial charge in [0.25, 0.3) is 0 Å². The third kappa shape index (κ3) is 4.90. The molecule has 2 heterocycles. The summed E-state index contributed by atoms with van der Waals surface area (Å²) in [6.45, 7) is 12.0. The lowest BCUT2D eigenvalue weighted by atomic mass is 9.98. The summed E-state index contributed by atoms with van der Waals surface area (Å²) in [4.78, 5) is 25.8. The molecule has 3 rings (SSSR count). The predicted molar refractivity (Wildman–Crippen MR) is 132 cm³/mol. The summed E-state index contributed by atoms with van der Waals surface area (Å²) < 4.78 is 36.0. The molecular formula is C25H35N3O5S. The summed E-state index contributed by atoms with van der Waals surface area (Å²) in [5, 5.41) is 2.96. The topological polar surface area (TPSA) is 97.7 Å². The summed E-state index contributed by atoms with van der Waals surface area (Å²) in [7, 11) is -4.02. The summed E-state index contributed by atoms with van der Waals surface area (Å²) in [6.07, 6.45) is 1.16. The molecule has 9 heteroatoms. The fourth-order valence-electron chi connectivity index (χ4n) is 4.78. The highest BCUT2D eigenvalue weighted by atomic mass is 32.2. The third-order valence-corrected chi connectivity index (χ3v) is 8.54. The van der Waals surface area contributed by atoms with E-state index in [4.69, 9.17) is 4.74 Å². The number of ether oxygens (including phenoxy) is 1. The average Bonchev–Trinajstić information content (AvgIpc) is 3.05. The summed E-state index contributed by atoms with van der Waals surface area (Å²) in [5.74, 6) is -1.32. The smallest absolute Gasteiger partial charge is 0.341 e. The quantitative estimate of drug-likeness (QED) is 0.594. The second kappa shape index (κ2) is 10.3. The van der Waals surface area contributed by atoms with Crippen LogP contribution in [0.2, 0.25) is 0 Å². The number of aromatic nitrogens is 1. The molecule has 1 saturated heterocycles. The monoisotopic (exact) mass is 489 g/mol. The van der Waals surface area contributed by atoms with E-state index in [1.54, 1.807) is 20.8 Å². The van der Waals surface area contributed by atoms with Gasteiger partial charge in [0.05, 0.1) is 12.5 Å². The van der Waals surface area contributed by atoms with Gasteiger partial charge in [0.15, 0.2) is 0 Å². The molecule has 1 amide bonds. The fourth-order valence-corrected chi connectivity index (χ4v) is 6.76. The number of nitrogens with one attached hydrogen (secondary N) is 1. The lowest BCUT2D eigenvalue weighted by molar-refractivity contribution is -0.120. The van der Waals surface area contributed by atoms with Crippen molar-refractivity contribution < 1.29 is 22.7 Å². The van der Waals surface area contributed by atoms with Crippen molar-refractivity contribution in [3.05, 3.63) is 46.3 Å². The van der Waals surface area contributed by atoms with Crippen LogP contribution in [-0.4, -0.2) is 48.9 Å². The average molecular weight is 490 g/mol. The van der Waals surface area contributed by atoms with Crippen LogP contribution in [0.3, 0.4) is 0 Å². The van der Waals surface area contributed by atoms with Crippen LogP contribution in [0.25, 0.3) is 0 Å². The number of amides is 1. The molecule has 1 aliphatic rings. The minimum atomic E-state index is -4.02. The van der Waals surface area contributed by atoms with E-state index in [0.29, 0.717) is 37.3 Å². The number of hydrogen-bond donors (Lipinski definition) is 1. The normalized spacial score (nSPS) is 16.9. The molecule has 0 radical (unpaired) electrons. The number of sulfonamides is 1. The highest BCUT2D eigenvalue weighted by Crippen LogP contribution is 2.33. The van der Waals surface area contributed by atoms with Gasteiger partial charge in [-0.2, -0.15) is 4.31 Å². The van der Waals surface area contributed by atoms with Crippen molar-refractivity contribution in [1.29, 1.82) is 0 Å². The van der Waals surface area contributed by atoms with Crippen LogP contribution in [-0.2, 0) is 26.1 Å². The molecule has 0 aliphatic carbocycles. The van der Waals surface area contributed by atoms with E-state index in [2.05, 4.69) is 5.32 Å². The Hall–Kier alpha value is -2.65. The van der Waals surface area contributed by atoms with Gasteiger partial charge in [-0.1, -0.05) is 17.7 Å². The van der Waals surface area contributed by atoms with E-state index >= 15 is 0 Å². The molecule has 0 unspecified atom stereocenters. The van der Waals surface area contributed by atoms with Crippen LogP contribution >= 0.6 is 0 Å². The molecule has 8 nitrogen and oxygen atoms in total. The van der Waals surface area contributed by atoms with E-state index in [9.17, 15) is 18.0 Å². The first-order valence-electron chi connectivity index (χ1n) is 11.8. The van der Waals surface area contributed by atoms with E-state index < -0.39 is 21.9 Å². The number of nitrogens with zero attached hydrogens (tertiary/aromatic N) is 2. The van der Waals surface area contributed by atoms with Crippen molar-refractivity contribution in [3.8, 4) is 0 Å². The van der Waals surface area contributed by atoms with E-state index in [1.165, 1.54) is 4.31 Å². The van der Waals surface area contributed by atoms with Gasteiger partial charge in [-0.05, 0) is 66.0 Å². The highest BCUT2D eigenvalue weighted by Gasteiger charge is 2.39. The Balaban J connectivity index is 1.91. The first-order valence-corrected chi connectivity index (χ1v) is 13.2. The zero-order valence-corrected chi connectivity index (χ0v) is 21.7. The maximum Gasteiger partial charge on any atom is 0.341 e. The Kier molecular flexibility index (Phi) is 7.88.